The number of hydrogen-bond acceptors (Lipinski definition) is 3. The molecule has 1 heterocycles. The highest BCUT2D eigenvalue weighted by molar-refractivity contribution is 6.30. The lowest BCUT2D eigenvalue weighted by Crippen LogP contribution is -2.50. The van der Waals surface area contributed by atoms with Crippen LogP contribution in [0.3, 0.4) is 0 Å². The predicted molar refractivity (Wildman–Crippen MR) is 104 cm³/mol. The second-order valence-electron chi connectivity index (χ2n) is 7.25. The van der Waals surface area contributed by atoms with E-state index in [0.29, 0.717) is 10.8 Å². The van der Waals surface area contributed by atoms with Crippen molar-refractivity contribution in [2.24, 2.45) is 0 Å². The topological polar surface area (TPSA) is 41.6 Å². The fourth-order valence-electron chi connectivity index (χ4n) is 3.14. The second-order valence-corrected chi connectivity index (χ2v) is 7.68. The van der Waals surface area contributed by atoms with Crippen LogP contribution in [0.25, 0.3) is 0 Å². The van der Waals surface area contributed by atoms with Gasteiger partial charge in [-0.1, -0.05) is 41.9 Å². The van der Waals surface area contributed by atoms with Crippen molar-refractivity contribution in [1.29, 1.82) is 0 Å². The Morgan fingerprint density at radius 2 is 1.88 bits per heavy atom. The van der Waals surface area contributed by atoms with Crippen LogP contribution in [0.4, 0.5) is 0 Å². The molecule has 1 fully saturated rings. The molecular formula is C21H25ClN2O2. The monoisotopic (exact) mass is 372 g/mol. The Hall–Kier alpha value is -2.04. The second kappa shape index (κ2) is 8.11. The minimum absolute atomic E-state index is 0.0981. The molecule has 2 aromatic rings. The van der Waals surface area contributed by atoms with Crippen molar-refractivity contribution in [3.05, 3.63) is 65.2 Å². The number of ether oxygens (including phenoxy) is 1. The molecule has 0 aromatic heterocycles. The zero-order chi connectivity index (χ0) is 18.6. The molecule has 1 amide bonds. The van der Waals surface area contributed by atoms with E-state index in [1.807, 2.05) is 6.07 Å². The third kappa shape index (κ3) is 4.99. The predicted octanol–water partition coefficient (Wildman–Crippen LogP) is 3.89. The number of halogens is 1. The van der Waals surface area contributed by atoms with Gasteiger partial charge < -0.3 is 10.1 Å². The van der Waals surface area contributed by atoms with E-state index in [4.69, 9.17) is 16.3 Å². The van der Waals surface area contributed by atoms with Gasteiger partial charge in [-0.05, 0) is 50.1 Å². The lowest BCUT2D eigenvalue weighted by molar-refractivity contribution is -0.134. The number of carbonyl (C=O) groups excluding carboxylic acids is 1. The van der Waals surface area contributed by atoms with Crippen LogP contribution < -0.4 is 10.1 Å². The lowest BCUT2D eigenvalue weighted by atomic mass is 10.1. The Labute approximate surface area is 160 Å². The number of hydrogen-bond donors (Lipinski definition) is 1. The van der Waals surface area contributed by atoms with Crippen LogP contribution in [0.2, 0.25) is 5.02 Å². The van der Waals surface area contributed by atoms with Crippen molar-refractivity contribution in [3.8, 4) is 5.75 Å². The first kappa shape index (κ1) is 18.7. The van der Waals surface area contributed by atoms with E-state index in [9.17, 15) is 4.79 Å². The number of nitrogens with one attached hydrogen (secondary N) is 1. The highest BCUT2D eigenvalue weighted by Crippen LogP contribution is 2.22. The van der Waals surface area contributed by atoms with Gasteiger partial charge in [0.2, 0.25) is 0 Å². The van der Waals surface area contributed by atoms with Gasteiger partial charge in [0, 0.05) is 30.7 Å². The first-order valence-electron chi connectivity index (χ1n) is 8.94. The maximum absolute atomic E-state index is 12.7. The minimum atomic E-state index is -0.944. The fourth-order valence-corrected chi connectivity index (χ4v) is 3.26. The summed E-state index contributed by atoms with van der Waals surface area (Å²) in [6.45, 7) is 6.33. The van der Waals surface area contributed by atoms with E-state index < -0.39 is 5.60 Å². The minimum Gasteiger partial charge on any atom is -0.478 e. The van der Waals surface area contributed by atoms with Gasteiger partial charge in [0.15, 0.2) is 5.60 Å². The van der Waals surface area contributed by atoms with Crippen molar-refractivity contribution >= 4 is 17.5 Å². The van der Waals surface area contributed by atoms with E-state index >= 15 is 0 Å². The zero-order valence-corrected chi connectivity index (χ0v) is 16.0. The van der Waals surface area contributed by atoms with Crippen molar-refractivity contribution < 1.29 is 9.53 Å². The number of nitrogens with zero attached hydrogens (tertiary/aromatic N) is 1. The van der Waals surface area contributed by atoms with Gasteiger partial charge in [0.25, 0.3) is 5.91 Å². The van der Waals surface area contributed by atoms with Crippen LogP contribution in [0.1, 0.15) is 25.8 Å². The summed E-state index contributed by atoms with van der Waals surface area (Å²) in [5.41, 5.74) is 0.353. The molecule has 3 rings (SSSR count). The molecule has 0 spiro atoms. The summed E-state index contributed by atoms with van der Waals surface area (Å²) in [7, 11) is 0. The molecule has 0 saturated carbocycles. The number of benzene rings is 2. The molecule has 138 valence electrons. The van der Waals surface area contributed by atoms with Gasteiger partial charge in [0.05, 0.1) is 0 Å². The summed E-state index contributed by atoms with van der Waals surface area (Å²) in [6.07, 6.45) is 0.954. The third-order valence-electron chi connectivity index (χ3n) is 4.59. The summed E-state index contributed by atoms with van der Waals surface area (Å²) in [6, 6.07) is 17.6. The summed E-state index contributed by atoms with van der Waals surface area (Å²) in [5, 5.41) is 3.78. The van der Waals surface area contributed by atoms with Crippen LogP contribution in [-0.2, 0) is 11.3 Å². The van der Waals surface area contributed by atoms with Gasteiger partial charge >= 0.3 is 0 Å². The van der Waals surface area contributed by atoms with E-state index in [2.05, 4.69) is 34.5 Å². The molecule has 1 aliphatic rings. The molecule has 1 saturated heterocycles. The Balaban J connectivity index is 1.51. The Morgan fingerprint density at radius 1 is 1.19 bits per heavy atom. The van der Waals surface area contributed by atoms with E-state index in [1.54, 1.807) is 38.1 Å². The first-order chi connectivity index (χ1) is 12.4. The number of amides is 1. The fraction of sp³-hybridized carbons (Fsp3) is 0.381. The SMILES string of the molecule is CC(C)(Oc1ccc(Cl)cc1)C(=O)NC1CCN(Cc2ccccc2)C1. The summed E-state index contributed by atoms with van der Waals surface area (Å²) in [5.74, 6) is 0.533. The number of carbonyl (C=O) groups is 1. The van der Waals surface area contributed by atoms with E-state index in [0.717, 1.165) is 26.1 Å². The smallest absolute Gasteiger partial charge is 0.263 e. The number of rotatable bonds is 6. The molecule has 1 atom stereocenters. The van der Waals surface area contributed by atoms with Gasteiger partial charge in [0.1, 0.15) is 5.75 Å². The van der Waals surface area contributed by atoms with Crippen LogP contribution in [-0.4, -0.2) is 35.5 Å². The molecule has 26 heavy (non-hydrogen) atoms. The van der Waals surface area contributed by atoms with Crippen molar-refractivity contribution in [2.45, 2.75) is 38.5 Å². The quantitative estimate of drug-likeness (QED) is 0.836. The normalized spacial score (nSPS) is 17.9. The average Bonchev–Trinajstić information content (AvgIpc) is 3.04. The molecule has 0 bridgehead atoms. The van der Waals surface area contributed by atoms with Crippen molar-refractivity contribution in [3.63, 3.8) is 0 Å². The maximum Gasteiger partial charge on any atom is 0.263 e. The zero-order valence-electron chi connectivity index (χ0n) is 15.2. The molecule has 1 N–H and O–H groups in total. The molecule has 2 aromatic carbocycles. The highest BCUT2D eigenvalue weighted by atomic mass is 35.5. The Bertz CT molecular complexity index is 731. The van der Waals surface area contributed by atoms with Crippen LogP contribution in [0.5, 0.6) is 5.75 Å². The molecule has 1 unspecified atom stereocenters. The molecular weight excluding hydrogens is 348 g/mol. The largest absolute Gasteiger partial charge is 0.478 e. The first-order valence-corrected chi connectivity index (χ1v) is 9.32. The van der Waals surface area contributed by atoms with Crippen LogP contribution in [0.15, 0.2) is 54.6 Å². The Kier molecular flexibility index (Phi) is 5.84. The number of likely N-dealkylation sites (tertiary alicyclic amines) is 1. The average molecular weight is 373 g/mol. The standard InChI is InChI=1S/C21H25ClN2O2/c1-21(2,26-19-10-8-17(22)9-11-19)20(25)23-18-12-13-24(15-18)14-16-6-4-3-5-7-16/h3-11,18H,12-15H2,1-2H3,(H,23,25). The Morgan fingerprint density at radius 3 is 2.58 bits per heavy atom. The van der Waals surface area contributed by atoms with E-state index in [1.165, 1.54) is 5.56 Å². The molecule has 5 heteroatoms. The molecule has 0 aliphatic carbocycles. The third-order valence-corrected chi connectivity index (χ3v) is 4.84. The summed E-state index contributed by atoms with van der Waals surface area (Å²) in [4.78, 5) is 15.0. The summed E-state index contributed by atoms with van der Waals surface area (Å²) >= 11 is 5.89. The van der Waals surface area contributed by atoms with Gasteiger partial charge in [-0.25, -0.2) is 0 Å². The maximum atomic E-state index is 12.7. The van der Waals surface area contributed by atoms with Crippen LogP contribution in [0, 0.1) is 0 Å². The molecule has 1 aliphatic heterocycles. The molecule has 4 nitrogen and oxygen atoms in total. The van der Waals surface area contributed by atoms with Crippen LogP contribution >= 0.6 is 11.6 Å². The van der Waals surface area contributed by atoms with Gasteiger partial charge in [-0.15, -0.1) is 0 Å². The van der Waals surface area contributed by atoms with Gasteiger partial charge in [-0.3, -0.25) is 9.69 Å². The lowest BCUT2D eigenvalue weighted by Gasteiger charge is -2.27. The van der Waals surface area contributed by atoms with Crippen molar-refractivity contribution in [1.82, 2.24) is 10.2 Å². The van der Waals surface area contributed by atoms with Crippen molar-refractivity contribution in [2.75, 3.05) is 13.1 Å². The molecule has 0 radical (unpaired) electrons. The van der Waals surface area contributed by atoms with E-state index in [-0.39, 0.29) is 11.9 Å². The van der Waals surface area contributed by atoms with Gasteiger partial charge in [-0.2, -0.15) is 0 Å². The highest BCUT2D eigenvalue weighted by Gasteiger charge is 2.33. The summed E-state index contributed by atoms with van der Waals surface area (Å²) < 4.78 is 5.87.